The molecule has 0 radical (unpaired) electrons. The van der Waals surface area contributed by atoms with E-state index in [1.165, 1.54) is 5.56 Å². The van der Waals surface area contributed by atoms with Gasteiger partial charge in [0.2, 0.25) is 0 Å². The molecular formula is C28H25N5O. The van der Waals surface area contributed by atoms with Gasteiger partial charge in [0.05, 0.1) is 28.4 Å². The fourth-order valence-electron chi connectivity index (χ4n) is 4.46. The summed E-state index contributed by atoms with van der Waals surface area (Å²) in [6.45, 7) is 3.96. The van der Waals surface area contributed by atoms with Crippen LogP contribution in [0.15, 0.2) is 79.1 Å². The van der Waals surface area contributed by atoms with Crippen LogP contribution >= 0.6 is 0 Å². The lowest BCUT2D eigenvalue weighted by atomic mass is 10.0. The highest BCUT2D eigenvalue weighted by Crippen LogP contribution is 2.26. The molecule has 1 fully saturated rings. The molecule has 0 atom stereocenters. The summed E-state index contributed by atoms with van der Waals surface area (Å²) >= 11 is 0. The zero-order valence-electron chi connectivity index (χ0n) is 18.9. The second-order valence-electron chi connectivity index (χ2n) is 8.54. The highest BCUT2D eigenvalue weighted by molar-refractivity contribution is 6.07. The molecule has 0 N–H and O–H groups in total. The van der Waals surface area contributed by atoms with E-state index in [9.17, 15) is 4.79 Å². The molecule has 1 aliphatic rings. The van der Waals surface area contributed by atoms with Crippen LogP contribution in [0.5, 0.6) is 0 Å². The molecule has 0 bridgehead atoms. The quantitative estimate of drug-likeness (QED) is 0.460. The molecule has 0 spiro atoms. The van der Waals surface area contributed by atoms with Crippen LogP contribution in [0.25, 0.3) is 22.2 Å². The Kier molecular flexibility index (Phi) is 6.28. The predicted molar refractivity (Wildman–Crippen MR) is 132 cm³/mol. The van der Waals surface area contributed by atoms with Crippen molar-refractivity contribution in [2.24, 2.45) is 0 Å². The van der Waals surface area contributed by atoms with Crippen LogP contribution in [0.3, 0.4) is 0 Å². The number of pyridine rings is 2. The first kappa shape index (κ1) is 21.7. The summed E-state index contributed by atoms with van der Waals surface area (Å²) < 4.78 is 0. The van der Waals surface area contributed by atoms with Crippen molar-refractivity contribution in [3.8, 4) is 17.3 Å². The summed E-state index contributed by atoms with van der Waals surface area (Å²) in [6, 6.07) is 23.5. The normalized spacial score (nSPS) is 14.5. The first-order chi connectivity index (χ1) is 16.7. The Morgan fingerprint density at radius 1 is 0.971 bits per heavy atom. The Hall–Kier alpha value is -4.08. The van der Waals surface area contributed by atoms with Gasteiger partial charge in [-0.3, -0.25) is 14.7 Å². The molecule has 6 nitrogen and oxygen atoms in total. The maximum absolute atomic E-state index is 13.7. The first-order valence-electron chi connectivity index (χ1n) is 11.5. The van der Waals surface area contributed by atoms with Gasteiger partial charge in [0.1, 0.15) is 0 Å². The van der Waals surface area contributed by atoms with Crippen LogP contribution in [0.1, 0.15) is 27.9 Å². The Bertz CT molecular complexity index is 1350. The van der Waals surface area contributed by atoms with Crippen LogP contribution in [0.4, 0.5) is 0 Å². The van der Waals surface area contributed by atoms with E-state index in [2.05, 4.69) is 16.0 Å². The number of aromatic nitrogens is 2. The molecule has 0 saturated carbocycles. The molecule has 1 saturated heterocycles. The third-order valence-electron chi connectivity index (χ3n) is 6.27. The van der Waals surface area contributed by atoms with Crippen LogP contribution in [0, 0.1) is 11.3 Å². The van der Waals surface area contributed by atoms with E-state index in [1.807, 2.05) is 71.6 Å². The molecule has 4 aromatic rings. The number of fused-ring (bicyclic) bond motifs is 1. The van der Waals surface area contributed by atoms with E-state index in [4.69, 9.17) is 10.2 Å². The first-order valence-corrected chi connectivity index (χ1v) is 11.5. The van der Waals surface area contributed by atoms with Gasteiger partial charge < -0.3 is 4.90 Å². The highest BCUT2D eigenvalue weighted by atomic mass is 16.2. The van der Waals surface area contributed by atoms with Gasteiger partial charge in [-0.2, -0.15) is 5.26 Å². The van der Waals surface area contributed by atoms with E-state index in [-0.39, 0.29) is 5.91 Å². The molecule has 2 aromatic heterocycles. The summed E-state index contributed by atoms with van der Waals surface area (Å²) in [5.74, 6) is 0.0453. The van der Waals surface area contributed by atoms with Gasteiger partial charge in [0, 0.05) is 56.1 Å². The van der Waals surface area contributed by atoms with Crippen molar-refractivity contribution < 1.29 is 4.79 Å². The van der Waals surface area contributed by atoms with Crippen LogP contribution in [0.2, 0.25) is 0 Å². The topological polar surface area (TPSA) is 73.1 Å². The molecule has 1 amide bonds. The SMILES string of the molecule is N#Cc1ccc(CN2CCCN(C(=O)c3cc(-c4cccnc4)nc4ccccc34)CC2)cc1. The number of amides is 1. The second-order valence-corrected chi connectivity index (χ2v) is 8.54. The third kappa shape index (κ3) is 4.66. The number of hydrogen-bond donors (Lipinski definition) is 0. The third-order valence-corrected chi connectivity index (χ3v) is 6.27. The highest BCUT2D eigenvalue weighted by Gasteiger charge is 2.23. The average molecular weight is 448 g/mol. The van der Waals surface area contributed by atoms with Crippen molar-refractivity contribution in [2.45, 2.75) is 13.0 Å². The number of rotatable bonds is 4. The number of para-hydroxylation sites is 1. The molecular weight excluding hydrogens is 422 g/mol. The molecule has 5 rings (SSSR count). The smallest absolute Gasteiger partial charge is 0.254 e. The molecule has 168 valence electrons. The molecule has 0 aliphatic carbocycles. The molecule has 34 heavy (non-hydrogen) atoms. The second kappa shape index (κ2) is 9.82. The summed E-state index contributed by atoms with van der Waals surface area (Å²) in [4.78, 5) is 27.1. The van der Waals surface area contributed by atoms with E-state index >= 15 is 0 Å². The summed E-state index contributed by atoms with van der Waals surface area (Å²) in [7, 11) is 0. The Morgan fingerprint density at radius 2 is 1.82 bits per heavy atom. The number of nitriles is 1. The Morgan fingerprint density at radius 3 is 2.62 bits per heavy atom. The monoisotopic (exact) mass is 447 g/mol. The van der Waals surface area contributed by atoms with E-state index in [0.29, 0.717) is 17.7 Å². The average Bonchev–Trinajstić information content (AvgIpc) is 3.14. The Labute approximate surface area is 199 Å². The van der Waals surface area contributed by atoms with Gasteiger partial charge in [-0.15, -0.1) is 0 Å². The summed E-state index contributed by atoms with van der Waals surface area (Å²) in [5, 5.41) is 9.88. The minimum absolute atomic E-state index is 0.0453. The lowest BCUT2D eigenvalue weighted by Gasteiger charge is -2.23. The minimum atomic E-state index is 0.0453. The fraction of sp³-hybridized carbons (Fsp3) is 0.214. The van der Waals surface area contributed by atoms with E-state index in [1.54, 1.807) is 12.4 Å². The van der Waals surface area contributed by atoms with Crippen LogP contribution < -0.4 is 0 Å². The number of nitrogens with zero attached hydrogens (tertiary/aromatic N) is 5. The van der Waals surface area contributed by atoms with Crippen molar-refractivity contribution in [2.75, 3.05) is 26.2 Å². The van der Waals surface area contributed by atoms with Gasteiger partial charge >= 0.3 is 0 Å². The van der Waals surface area contributed by atoms with Crippen molar-refractivity contribution in [1.29, 1.82) is 5.26 Å². The number of carbonyl (C=O) groups excluding carboxylic acids is 1. The zero-order chi connectivity index (χ0) is 23.3. The summed E-state index contributed by atoms with van der Waals surface area (Å²) in [6.07, 6.45) is 4.43. The zero-order valence-corrected chi connectivity index (χ0v) is 18.9. The van der Waals surface area contributed by atoms with Crippen molar-refractivity contribution in [3.63, 3.8) is 0 Å². The van der Waals surface area contributed by atoms with Gasteiger partial charge in [0.25, 0.3) is 5.91 Å². The number of carbonyl (C=O) groups is 1. The van der Waals surface area contributed by atoms with Gasteiger partial charge in [-0.05, 0) is 48.4 Å². The van der Waals surface area contributed by atoms with Crippen LogP contribution in [-0.4, -0.2) is 51.9 Å². The minimum Gasteiger partial charge on any atom is -0.337 e. The van der Waals surface area contributed by atoms with Crippen molar-refractivity contribution >= 4 is 16.8 Å². The largest absolute Gasteiger partial charge is 0.337 e. The van der Waals surface area contributed by atoms with Gasteiger partial charge in [0.15, 0.2) is 0 Å². The predicted octanol–water partition coefficient (Wildman–Crippen LogP) is 4.52. The van der Waals surface area contributed by atoms with Crippen molar-refractivity contribution in [1.82, 2.24) is 19.8 Å². The van der Waals surface area contributed by atoms with Gasteiger partial charge in [-0.1, -0.05) is 30.3 Å². The lowest BCUT2D eigenvalue weighted by Crippen LogP contribution is -2.35. The molecule has 3 heterocycles. The Balaban J connectivity index is 1.37. The standard InChI is InChI=1S/C28H25N5O/c29-18-21-8-10-22(11-9-21)20-32-13-4-14-33(16-15-32)28(34)25-17-27(23-5-3-12-30-19-23)31-26-7-2-1-6-24(25)26/h1-3,5-12,17,19H,4,13-16,20H2. The number of benzene rings is 2. The van der Waals surface area contributed by atoms with Crippen LogP contribution in [-0.2, 0) is 6.54 Å². The molecule has 2 aromatic carbocycles. The van der Waals surface area contributed by atoms with E-state index < -0.39 is 0 Å². The maximum Gasteiger partial charge on any atom is 0.254 e. The maximum atomic E-state index is 13.7. The molecule has 0 unspecified atom stereocenters. The lowest BCUT2D eigenvalue weighted by molar-refractivity contribution is 0.0763. The van der Waals surface area contributed by atoms with Gasteiger partial charge in [-0.25, -0.2) is 4.98 Å². The molecule has 6 heteroatoms. The fourth-order valence-corrected chi connectivity index (χ4v) is 4.46. The molecule has 1 aliphatic heterocycles. The summed E-state index contributed by atoms with van der Waals surface area (Å²) in [5.41, 5.74) is 5.00. The number of hydrogen-bond acceptors (Lipinski definition) is 5. The van der Waals surface area contributed by atoms with Crippen molar-refractivity contribution in [3.05, 3.63) is 95.8 Å². The van der Waals surface area contributed by atoms with E-state index in [0.717, 1.165) is 54.8 Å².